The molecule has 0 radical (unpaired) electrons. The predicted octanol–water partition coefficient (Wildman–Crippen LogP) is 5.27. The van der Waals surface area contributed by atoms with E-state index in [-0.39, 0.29) is 23.9 Å². The SMILES string of the molecule is N#C/C(=C/c1ccc(OCc2cccc(F)c2)c(I)c1)C(=O)N1CCN(c2ccccc2)CC1. The van der Waals surface area contributed by atoms with Gasteiger partial charge in [-0.15, -0.1) is 0 Å². The molecule has 1 amide bonds. The van der Waals surface area contributed by atoms with Crippen LogP contribution < -0.4 is 9.64 Å². The van der Waals surface area contributed by atoms with E-state index in [9.17, 15) is 14.4 Å². The average molecular weight is 567 g/mol. The van der Waals surface area contributed by atoms with Gasteiger partial charge in [0.2, 0.25) is 0 Å². The van der Waals surface area contributed by atoms with Crippen molar-refractivity contribution in [3.63, 3.8) is 0 Å². The van der Waals surface area contributed by atoms with Crippen molar-refractivity contribution in [2.75, 3.05) is 31.1 Å². The first-order chi connectivity index (χ1) is 16.5. The Morgan fingerprint density at radius 3 is 2.47 bits per heavy atom. The van der Waals surface area contributed by atoms with Crippen LogP contribution in [0.5, 0.6) is 5.75 Å². The van der Waals surface area contributed by atoms with E-state index in [2.05, 4.69) is 45.7 Å². The lowest BCUT2D eigenvalue weighted by atomic mass is 10.1. The first-order valence-corrected chi connectivity index (χ1v) is 12.0. The van der Waals surface area contributed by atoms with E-state index < -0.39 is 0 Å². The Hall–Kier alpha value is -3.38. The van der Waals surface area contributed by atoms with Crippen LogP contribution in [0.3, 0.4) is 0 Å². The Kier molecular flexibility index (Phi) is 7.80. The normalized spacial score (nSPS) is 14.0. The summed E-state index contributed by atoms with van der Waals surface area (Å²) in [6, 6.07) is 23.9. The number of nitrogens with zero attached hydrogens (tertiary/aromatic N) is 3. The van der Waals surface area contributed by atoms with Crippen LogP contribution in [0, 0.1) is 20.7 Å². The third-order valence-corrected chi connectivity index (χ3v) is 6.43. The molecule has 4 rings (SSSR count). The number of hydrogen-bond donors (Lipinski definition) is 0. The number of ether oxygens (including phenoxy) is 1. The van der Waals surface area contributed by atoms with E-state index in [4.69, 9.17) is 4.74 Å². The smallest absolute Gasteiger partial charge is 0.264 e. The van der Waals surface area contributed by atoms with E-state index in [1.54, 1.807) is 35.2 Å². The number of halogens is 2. The number of anilines is 1. The van der Waals surface area contributed by atoms with Crippen molar-refractivity contribution in [2.45, 2.75) is 6.61 Å². The summed E-state index contributed by atoms with van der Waals surface area (Å²) in [6.45, 7) is 2.83. The van der Waals surface area contributed by atoms with Gasteiger partial charge in [0.15, 0.2) is 0 Å². The molecule has 0 N–H and O–H groups in total. The molecule has 1 fully saturated rings. The van der Waals surface area contributed by atoms with Gasteiger partial charge < -0.3 is 14.5 Å². The van der Waals surface area contributed by atoms with Gasteiger partial charge in [0.25, 0.3) is 5.91 Å². The maximum absolute atomic E-state index is 13.4. The molecule has 0 aliphatic carbocycles. The van der Waals surface area contributed by atoms with Crippen LogP contribution in [0.4, 0.5) is 10.1 Å². The van der Waals surface area contributed by atoms with Crippen LogP contribution in [0.25, 0.3) is 6.08 Å². The first-order valence-electron chi connectivity index (χ1n) is 10.9. The van der Waals surface area contributed by atoms with Gasteiger partial charge in [0.1, 0.15) is 29.8 Å². The molecule has 0 aromatic heterocycles. The summed E-state index contributed by atoms with van der Waals surface area (Å²) in [5.41, 5.74) is 2.73. The third kappa shape index (κ3) is 5.94. The first kappa shape index (κ1) is 23.8. The van der Waals surface area contributed by atoms with Crippen molar-refractivity contribution < 1.29 is 13.9 Å². The van der Waals surface area contributed by atoms with Crippen LogP contribution in [0.15, 0.2) is 78.4 Å². The maximum Gasteiger partial charge on any atom is 0.264 e. The standard InChI is InChI=1S/C27H23FIN3O2/c28-23-6-4-5-21(16-23)19-34-26-10-9-20(17-25(26)29)15-22(18-30)27(33)32-13-11-31(12-14-32)24-7-2-1-3-8-24/h1-10,15-17H,11-14,19H2/b22-15-. The molecular weight excluding hydrogens is 544 g/mol. The lowest BCUT2D eigenvalue weighted by molar-refractivity contribution is -0.126. The van der Waals surface area contributed by atoms with Crippen molar-refractivity contribution in [3.05, 3.63) is 98.9 Å². The van der Waals surface area contributed by atoms with E-state index in [0.29, 0.717) is 18.8 Å². The number of carbonyl (C=O) groups excluding carboxylic acids is 1. The third-order valence-electron chi connectivity index (χ3n) is 5.59. The molecule has 1 aliphatic heterocycles. The summed E-state index contributed by atoms with van der Waals surface area (Å²) >= 11 is 2.15. The van der Waals surface area contributed by atoms with E-state index >= 15 is 0 Å². The second kappa shape index (κ2) is 11.2. The number of amides is 1. The quantitative estimate of drug-likeness (QED) is 0.232. The number of rotatable bonds is 6. The number of benzene rings is 3. The summed E-state index contributed by atoms with van der Waals surface area (Å²) in [5.74, 6) is 0.104. The number of carbonyl (C=O) groups is 1. The molecular formula is C27H23FIN3O2. The second-order valence-corrected chi connectivity index (χ2v) is 9.06. The minimum atomic E-state index is -0.300. The van der Waals surface area contributed by atoms with Crippen molar-refractivity contribution in [3.8, 4) is 11.8 Å². The van der Waals surface area contributed by atoms with Gasteiger partial charge in [-0.05, 0) is 76.2 Å². The van der Waals surface area contributed by atoms with Crippen molar-refractivity contribution in [1.82, 2.24) is 4.90 Å². The Morgan fingerprint density at radius 1 is 1.03 bits per heavy atom. The molecule has 0 bridgehead atoms. The molecule has 0 saturated carbocycles. The van der Waals surface area contributed by atoms with Gasteiger partial charge in [0, 0.05) is 31.9 Å². The van der Waals surface area contributed by atoms with Gasteiger partial charge in [-0.1, -0.05) is 36.4 Å². The lowest BCUT2D eigenvalue weighted by Crippen LogP contribution is -2.49. The minimum Gasteiger partial charge on any atom is -0.488 e. The Labute approximate surface area is 212 Å². The van der Waals surface area contributed by atoms with Crippen molar-refractivity contribution in [2.24, 2.45) is 0 Å². The molecule has 1 heterocycles. The fourth-order valence-corrected chi connectivity index (χ4v) is 4.49. The van der Waals surface area contributed by atoms with E-state index in [1.165, 1.54) is 12.1 Å². The van der Waals surface area contributed by atoms with Crippen LogP contribution in [-0.4, -0.2) is 37.0 Å². The highest BCUT2D eigenvalue weighted by molar-refractivity contribution is 14.1. The summed E-state index contributed by atoms with van der Waals surface area (Å²) in [4.78, 5) is 16.9. The van der Waals surface area contributed by atoms with Gasteiger partial charge in [0.05, 0.1) is 3.57 Å². The molecule has 3 aromatic rings. The molecule has 3 aromatic carbocycles. The Bertz CT molecular complexity index is 1230. The van der Waals surface area contributed by atoms with E-state index in [1.807, 2.05) is 24.3 Å². The molecule has 34 heavy (non-hydrogen) atoms. The van der Waals surface area contributed by atoms with E-state index in [0.717, 1.165) is 33.5 Å². The molecule has 0 atom stereocenters. The van der Waals surface area contributed by atoms with Crippen LogP contribution >= 0.6 is 22.6 Å². The van der Waals surface area contributed by atoms with Crippen molar-refractivity contribution in [1.29, 1.82) is 5.26 Å². The highest BCUT2D eigenvalue weighted by Gasteiger charge is 2.24. The molecule has 5 nitrogen and oxygen atoms in total. The van der Waals surface area contributed by atoms with Gasteiger partial charge in [-0.2, -0.15) is 5.26 Å². The Morgan fingerprint density at radius 2 is 1.79 bits per heavy atom. The zero-order valence-electron chi connectivity index (χ0n) is 18.5. The van der Waals surface area contributed by atoms with Crippen LogP contribution in [-0.2, 0) is 11.4 Å². The molecule has 172 valence electrons. The topological polar surface area (TPSA) is 56.6 Å². The summed E-state index contributed by atoms with van der Waals surface area (Å²) in [7, 11) is 0. The largest absolute Gasteiger partial charge is 0.488 e. The number of nitriles is 1. The number of piperazine rings is 1. The molecule has 1 aliphatic rings. The molecule has 1 saturated heterocycles. The molecule has 0 unspecified atom stereocenters. The predicted molar refractivity (Wildman–Crippen MR) is 139 cm³/mol. The van der Waals surface area contributed by atoms with Gasteiger partial charge >= 0.3 is 0 Å². The zero-order valence-corrected chi connectivity index (χ0v) is 20.6. The summed E-state index contributed by atoms with van der Waals surface area (Å²) < 4.78 is 20.0. The van der Waals surface area contributed by atoms with Crippen LogP contribution in [0.2, 0.25) is 0 Å². The summed E-state index contributed by atoms with van der Waals surface area (Å²) in [6.07, 6.45) is 1.62. The van der Waals surface area contributed by atoms with Gasteiger partial charge in [-0.3, -0.25) is 4.79 Å². The maximum atomic E-state index is 13.4. The number of para-hydroxylation sites is 1. The van der Waals surface area contributed by atoms with Crippen LogP contribution in [0.1, 0.15) is 11.1 Å². The lowest BCUT2D eigenvalue weighted by Gasteiger charge is -2.36. The fraction of sp³-hybridized carbons (Fsp3) is 0.185. The summed E-state index contributed by atoms with van der Waals surface area (Å²) in [5, 5.41) is 9.64. The van der Waals surface area contributed by atoms with Crippen molar-refractivity contribution >= 4 is 40.3 Å². The second-order valence-electron chi connectivity index (χ2n) is 7.89. The monoisotopic (exact) mass is 567 g/mol. The highest BCUT2D eigenvalue weighted by atomic mass is 127. The minimum absolute atomic E-state index is 0.109. The average Bonchev–Trinajstić information content (AvgIpc) is 2.87. The molecule has 7 heteroatoms. The zero-order chi connectivity index (χ0) is 23.9. The Balaban J connectivity index is 1.39. The molecule has 0 spiro atoms. The van der Waals surface area contributed by atoms with Gasteiger partial charge in [-0.25, -0.2) is 4.39 Å². The number of hydrogen-bond acceptors (Lipinski definition) is 4. The highest BCUT2D eigenvalue weighted by Crippen LogP contribution is 2.25. The fourth-order valence-electron chi connectivity index (χ4n) is 3.80.